The Bertz CT molecular complexity index is 1630. The molecule has 0 saturated heterocycles. The molecule has 2 aromatic carbocycles. The number of hydrogen-bond donors (Lipinski definition) is 1. The Balaban J connectivity index is 1.43. The highest BCUT2D eigenvalue weighted by molar-refractivity contribution is 7.90. The summed E-state index contributed by atoms with van der Waals surface area (Å²) in [5, 5.41) is 2.90. The van der Waals surface area contributed by atoms with Crippen LogP contribution >= 0.6 is 0 Å². The Morgan fingerprint density at radius 1 is 1.00 bits per heavy atom. The number of sulfone groups is 1. The zero-order chi connectivity index (χ0) is 23.2. The largest absolute Gasteiger partial charge is 0.457 e. The molecule has 0 aliphatic heterocycles. The van der Waals surface area contributed by atoms with E-state index < -0.39 is 9.84 Å². The van der Waals surface area contributed by atoms with Crippen LogP contribution in [0.3, 0.4) is 0 Å². The van der Waals surface area contributed by atoms with Gasteiger partial charge in [0.25, 0.3) is 0 Å². The molecule has 3 heterocycles. The Morgan fingerprint density at radius 2 is 1.85 bits per heavy atom. The Kier molecular flexibility index (Phi) is 4.90. The third kappa shape index (κ3) is 4.05. The molecule has 5 rings (SSSR count). The normalized spacial score (nSPS) is 11.7. The van der Waals surface area contributed by atoms with Crippen LogP contribution in [0.4, 0.5) is 11.5 Å². The number of ether oxygens (including phenoxy) is 1. The summed E-state index contributed by atoms with van der Waals surface area (Å²) in [6.07, 6.45) is 5.55. The van der Waals surface area contributed by atoms with Gasteiger partial charge in [-0.1, -0.05) is 0 Å². The predicted octanol–water partition coefficient (Wildman–Crippen LogP) is 3.55. The van der Waals surface area contributed by atoms with Gasteiger partial charge in [0, 0.05) is 25.1 Å². The summed E-state index contributed by atoms with van der Waals surface area (Å²) in [7, 11) is -1.62. The van der Waals surface area contributed by atoms with E-state index in [1.54, 1.807) is 6.33 Å². The van der Waals surface area contributed by atoms with Crippen molar-refractivity contribution in [2.24, 2.45) is 7.05 Å². The molecule has 0 radical (unpaired) electrons. The molecule has 0 aliphatic rings. The molecule has 0 atom stereocenters. The van der Waals surface area contributed by atoms with Crippen LogP contribution in [0, 0.1) is 6.92 Å². The highest BCUT2D eigenvalue weighted by Gasteiger charge is 2.15. The molecule has 0 unspecified atom stereocenters. The van der Waals surface area contributed by atoms with Gasteiger partial charge in [-0.05, 0) is 42.8 Å². The number of rotatable bonds is 5. The van der Waals surface area contributed by atoms with Gasteiger partial charge >= 0.3 is 0 Å². The van der Waals surface area contributed by atoms with E-state index in [9.17, 15) is 8.42 Å². The molecule has 3 aromatic heterocycles. The molecule has 0 aliphatic carbocycles. The van der Waals surface area contributed by atoms with Crippen molar-refractivity contribution in [1.29, 1.82) is 0 Å². The summed E-state index contributed by atoms with van der Waals surface area (Å²) >= 11 is 0. The minimum atomic E-state index is -3.57. The van der Waals surface area contributed by atoms with E-state index in [1.165, 1.54) is 12.5 Å². The Morgan fingerprint density at radius 3 is 2.64 bits per heavy atom. The molecule has 0 saturated carbocycles. The van der Waals surface area contributed by atoms with E-state index in [1.807, 2.05) is 54.9 Å². The van der Waals surface area contributed by atoms with Crippen molar-refractivity contribution in [3.8, 4) is 11.5 Å². The fourth-order valence-electron chi connectivity index (χ4n) is 3.39. The van der Waals surface area contributed by atoms with Crippen LogP contribution in [0.15, 0.2) is 60.4 Å². The van der Waals surface area contributed by atoms with E-state index in [4.69, 9.17) is 4.74 Å². The number of aryl methyl sites for hydroxylation is 2. The van der Waals surface area contributed by atoms with Crippen LogP contribution in [0.5, 0.6) is 11.5 Å². The van der Waals surface area contributed by atoms with Gasteiger partial charge in [-0.15, -0.1) is 0 Å². The maximum absolute atomic E-state index is 11.8. The first kappa shape index (κ1) is 20.8. The lowest BCUT2D eigenvalue weighted by Crippen LogP contribution is -2.06. The van der Waals surface area contributed by atoms with Crippen molar-refractivity contribution >= 4 is 43.4 Å². The van der Waals surface area contributed by atoms with Crippen molar-refractivity contribution in [1.82, 2.24) is 29.5 Å². The van der Waals surface area contributed by atoms with Gasteiger partial charge in [0.1, 0.15) is 28.9 Å². The average molecular weight is 462 g/mol. The quantitative estimate of drug-likeness (QED) is 0.391. The molecule has 166 valence electrons. The number of nitrogens with zero attached hydrogens (tertiary/aromatic N) is 6. The Hall–Kier alpha value is -4.12. The summed E-state index contributed by atoms with van der Waals surface area (Å²) in [4.78, 5) is 20.7. The lowest BCUT2D eigenvalue weighted by Gasteiger charge is -2.12. The number of imidazole rings is 1. The number of anilines is 2. The molecule has 0 amide bonds. The monoisotopic (exact) mass is 461 g/mol. The first-order valence-corrected chi connectivity index (χ1v) is 11.8. The zero-order valence-electron chi connectivity index (χ0n) is 18.0. The fraction of sp³-hybridized carbons (Fsp3) is 0.136. The lowest BCUT2D eigenvalue weighted by molar-refractivity contribution is 0.479. The van der Waals surface area contributed by atoms with E-state index in [-0.39, 0.29) is 5.16 Å². The van der Waals surface area contributed by atoms with Crippen molar-refractivity contribution in [2.75, 3.05) is 11.6 Å². The van der Waals surface area contributed by atoms with Crippen molar-refractivity contribution < 1.29 is 13.2 Å². The topological polar surface area (TPSA) is 125 Å². The van der Waals surface area contributed by atoms with Crippen LogP contribution in [-0.4, -0.2) is 44.2 Å². The maximum atomic E-state index is 11.8. The number of fused-ring (bicyclic) bond motifs is 2. The molecule has 0 bridgehead atoms. The Labute approximate surface area is 189 Å². The summed E-state index contributed by atoms with van der Waals surface area (Å²) < 4.78 is 31.7. The van der Waals surface area contributed by atoms with E-state index >= 15 is 0 Å². The first-order chi connectivity index (χ1) is 15.8. The van der Waals surface area contributed by atoms with Gasteiger partial charge in [-0.3, -0.25) is 0 Å². The van der Waals surface area contributed by atoms with Crippen molar-refractivity contribution in [3.63, 3.8) is 0 Å². The van der Waals surface area contributed by atoms with Crippen LogP contribution in [0.25, 0.3) is 22.1 Å². The first-order valence-electron chi connectivity index (χ1n) is 9.92. The number of nitrogens with one attached hydrogen (secondary N) is 1. The molecular weight excluding hydrogens is 442 g/mol. The second kappa shape index (κ2) is 7.78. The SMILES string of the molecule is Cc1cc(Nc2ncnc3cnc(S(C)(=O)=O)nc23)ccc1Oc1ccc2c(c1)ncn2C. The molecular formula is C22H19N7O3S. The second-order valence-corrected chi connectivity index (χ2v) is 9.50. The molecule has 33 heavy (non-hydrogen) atoms. The summed E-state index contributed by atoms with van der Waals surface area (Å²) in [6.45, 7) is 1.93. The van der Waals surface area contributed by atoms with Crippen LogP contribution < -0.4 is 10.1 Å². The van der Waals surface area contributed by atoms with E-state index in [2.05, 4.69) is 30.2 Å². The molecule has 0 spiro atoms. The highest BCUT2D eigenvalue weighted by atomic mass is 32.2. The highest BCUT2D eigenvalue weighted by Crippen LogP contribution is 2.30. The van der Waals surface area contributed by atoms with Crippen molar-refractivity contribution in [3.05, 3.63) is 60.8 Å². The molecule has 0 fully saturated rings. The average Bonchev–Trinajstić information content (AvgIpc) is 3.15. The van der Waals surface area contributed by atoms with Crippen LogP contribution in [-0.2, 0) is 16.9 Å². The van der Waals surface area contributed by atoms with Gasteiger partial charge < -0.3 is 14.6 Å². The van der Waals surface area contributed by atoms with Gasteiger partial charge in [0.15, 0.2) is 5.82 Å². The fourth-order valence-corrected chi connectivity index (χ4v) is 3.89. The van der Waals surface area contributed by atoms with Gasteiger partial charge in [-0.25, -0.2) is 33.3 Å². The van der Waals surface area contributed by atoms with E-state index in [0.29, 0.717) is 28.4 Å². The third-order valence-corrected chi connectivity index (χ3v) is 5.91. The number of benzene rings is 2. The third-order valence-electron chi connectivity index (χ3n) is 5.05. The molecule has 5 aromatic rings. The van der Waals surface area contributed by atoms with E-state index in [0.717, 1.165) is 28.5 Å². The standard InChI is InChI=1S/C22H19N7O3S/c1-13-8-14(4-7-19(13)32-15-5-6-18-16(9-15)26-12-29(18)2)27-21-20-17(24-11-25-21)10-23-22(28-20)33(3,30)31/h4-12H,1-3H3,(H,24,25,27). The summed E-state index contributed by atoms with van der Waals surface area (Å²) in [6, 6.07) is 11.4. The predicted molar refractivity (Wildman–Crippen MR) is 123 cm³/mol. The van der Waals surface area contributed by atoms with Crippen molar-refractivity contribution in [2.45, 2.75) is 12.1 Å². The van der Waals surface area contributed by atoms with Gasteiger partial charge in [0.2, 0.25) is 15.0 Å². The zero-order valence-corrected chi connectivity index (χ0v) is 18.8. The number of hydrogen-bond acceptors (Lipinski definition) is 9. The smallest absolute Gasteiger partial charge is 0.247 e. The lowest BCUT2D eigenvalue weighted by atomic mass is 10.2. The van der Waals surface area contributed by atoms with Crippen LogP contribution in [0.2, 0.25) is 0 Å². The second-order valence-electron chi connectivity index (χ2n) is 7.59. The number of aromatic nitrogens is 6. The molecule has 1 N–H and O–H groups in total. The molecule has 10 nitrogen and oxygen atoms in total. The summed E-state index contributed by atoms with van der Waals surface area (Å²) in [5.74, 6) is 1.77. The summed E-state index contributed by atoms with van der Waals surface area (Å²) in [5.41, 5.74) is 4.26. The minimum Gasteiger partial charge on any atom is -0.457 e. The van der Waals surface area contributed by atoms with Gasteiger partial charge in [0.05, 0.1) is 23.6 Å². The minimum absolute atomic E-state index is 0.280. The maximum Gasteiger partial charge on any atom is 0.247 e. The molecule has 11 heteroatoms. The van der Waals surface area contributed by atoms with Crippen LogP contribution in [0.1, 0.15) is 5.56 Å². The van der Waals surface area contributed by atoms with Gasteiger partial charge in [-0.2, -0.15) is 0 Å².